The minimum Gasteiger partial charge on any atom is -0.354 e. The zero-order valence-electron chi connectivity index (χ0n) is 12.2. The molecule has 1 unspecified atom stereocenters. The van der Waals surface area contributed by atoms with Crippen LogP contribution in [0.5, 0.6) is 0 Å². The number of amides is 1. The number of nitrogens with two attached hydrogens (primary N) is 1. The Morgan fingerprint density at radius 2 is 1.95 bits per heavy atom. The Bertz CT molecular complexity index is 317. The topological polar surface area (TPSA) is 58.4 Å². The Kier molecular flexibility index (Phi) is 10.7. The van der Waals surface area contributed by atoms with E-state index in [1.807, 2.05) is 13.8 Å². The number of nitrogens with one attached hydrogen (secondary N) is 1. The number of carbonyl (C=O) groups excluding carboxylic acids is 1. The molecule has 21 heavy (non-hydrogen) atoms. The second-order valence-corrected chi connectivity index (χ2v) is 5.52. The van der Waals surface area contributed by atoms with Crippen molar-refractivity contribution in [2.75, 3.05) is 26.2 Å². The van der Waals surface area contributed by atoms with Crippen LogP contribution in [-0.2, 0) is 4.79 Å². The molecule has 0 spiro atoms. The number of carbonyl (C=O) groups is 1. The number of hydrogen-bond donors (Lipinski definition) is 2. The lowest BCUT2D eigenvalue weighted by atomic mass is 10.0. The van der Waals surface area contributed by atoms with E-state index in [1.165, 1.54) is 4.90 Å². The molecule has 128 valence electrons. The highest BCUT2D eigenvalue weighted by Gasteiger charge is 2.34. The fourth-order valence-electron chi connectivity index (χ4n) is 2.14. The quantitative estimate of drug-likeness (QED) is 0.792. The second-order valence-electron chi connectivity index (χ2n) is 5.52. The van der Waals surface area contributed by atoms with Crippen molar-refractivity contribution in [2.24, 2.45) is 17.6 Å². The maximum Gasteiger partial charge on any atom is 0.401 e. The summed E-state index contributed by atoms with van der Waals surface area (Å²) in [4.78, 5) is 13.0. The molecule has 9 heteroatoms. The van der Waals surface area contributed by atoms with Crippen LogP contribution >= 0.6 is 24.8 Å². The SMILES string of the molecule is CC(C)[C@@H](N)C(=O)NCC1CCN(CC(F)(F)F)C1.Cl.Cl. The molecule has 0 bridgehead atoms. The summed E-state index contributed by atoms with van der Waals surface area (Å²) in [6, 6.07) is -0.562. The Labute approximate surface area is 135 Å². The lowest BCUT2D eigenvalue weighted by Gasteiger charge is -2.19. The molecule has 1 fully saturated rings. The minimum absolute atomic E-state index is 0. The monoisotopic (exact) mass is 353 g/mol. The molecule has 3 N–H and O–H groups in total. The van der Waals surface area contributed by atoms with Crippen molar-refractivity contribution in [2.45, 2.75) is 32.5 Å². The fourth-order valence-corrected chi connectivity index (χ4v) is 2.14. The van der Waals surface area contributed by atoms with Gasteiger partial charge in [-0.15, -0.1) is 24.8 Å². The van der Waals surface area contributed by atoms with E-state index < -0.39 is 18.8 Å². The molecule has 0 radical (unpaired) electrons. The number of alkyl halides is 3. The van der Waals surface area contributed by atoms with Gasteiger partial charge in [0, 0.05) is 13.1 Å². The largest absolute Gasteiger partial charge is 0.401 e. The summed E-state index contributed by atoms with van der Waals surface area (Å²) in [7, 11) is 0. The van der Waals surface area contributed by atoms with Crippen molar-refractivity contribution in [3.8, 4) is 0 Å². The molecule has 1 saturated heterocycles. The van der Waals surface area contributed by atoms with Crippen LogP contribution in [0.4, 0.5) is 13.2 Å². The molecule has 1 heterocycles. The Morgan fingerprint density at radius 1 is 1.38 bits per heavy atom. The fraction of sp³-hybridized carbons (Fsp3) is 0.917. The molecule has 1 aliphatic rings. The lowest BCUT2D eigenvalue weighted by molar-refractivity contribution is -0.143. The van der Waals surface area contributed by atoms with Crippen molar-refractivity contribution in [1.29, 1.82) is 0 Å². The van der Waals surface area contributed by atoms with Gasteiger partial charge in [0.1, 0.15) is 0 Å². The van der Waals surface area contributed by atoms with Gasteiger partial charge in [-0.25, -0.2) is 0 Å². The molecule has 0 aliphatic carbocycles. The predicted molar refractivity (Wildman–Crippen MR) is 80.9 cm³/mol. The average Bonchev–Trinajstić information content (AvgIpc) is 2.69. The number of rotatable bonds is 5. The first-order valence-corrected chi connectivity index (χ1v) is 6.51. The van der Waals surface area contributed by atoms with Gasteiger partial charge in [-0.2, -0.15) is 13.2 Å². The molecule has 0 saturated carbocycles. The minimum atomic E-state index is -4.15. The zero-order valence-corrected chi connectivity index (χ0v) is 13.8. The summed E-state index contributed by atoms with van der Waals surface area (Å²) >= 11 is 0. The third-order valence-electron chi connectivity index (χ3n) is 3.36. The van der Waals surface area contributed by atoms with Crippen LogP contribution in [0.1, 0.15) is 20.3 Å². The van der Waals surface area contributed by atoms with E-state index >= 15 is 0 Å². The Balaban J connectivity index is 0. The Morgan fingerprint density at radius 3 is 2.43 bits per heavy atom. The number of likely N-dealkylation sites (tertiary alicyclic amines) is 1. The van der Waals surface area contributed by atoms with E-state index in [1.54, 1.807) is 0 Å². The standard InChI is InChI=1S/C12H22F3N3O.2ClH/c1-8(2)10(16)11(19)17-5-9-3-4-18(6-9)7-12(13,14)15;;/h8-10H,3-7,16H2,1-2H3,(H,17,19);2*1H/t9?,10-;;/m1../s1. The molecule has 0 aromatic carbocycles. The van der Waals surface area contributed by atoms with Crippen molar-refractivity contribution < 1.29 is 18.0 Å². The summed E-state index contributed by atoms with van der Waals surface area (Å²) < 4.78 is 36.6. The van der Waals surface area contributed by atoms with E-state index in [-0.39, 0.29) is 42.6 Å². The first-order chi connectivity index (χ1) is 8.69. The van der Waals surface area contributed by atoms with Crippen LogP contribution in [0.15, 0.2) is 0 Å². The third-order valence-corrected chi connectivity index (χ3v) is 3.36. The molecule has 0 aromatic rings. The smallest absolute Gasteiger partial charge is 0.354 e. The molecule has 1 aliphatic heterocycles. The van der Waals surface area contributed by atoms with Crippen LogP contribution in [0, 0.1) is 11.8 Å². The Hall–Kier alpha value is -0.240. The molecule has 2 atom stereocenters. The van der Waals surface area contributed by atoms with Gasteiger partial charge in [0.15, 0.2) is 0 Å². The summed E-state index contributed by atoms with van der Waals surface area (Å²) in [6.45, 7) is 4.03. The van der Waals surface area contributed by atoms with Crippen LogP contribution in [0.25, 0.3) is 0 Å². The molecule has 1 rings (SSSR count). The second kappa shape index (κ2) is 9.71. The summed E-state index contributed by atoms with van der Waals surface area (Å²) in [6.07, 6.45) is -3.48. The van der Waals surface area contributed by atoms with Crippen molar-refractivity contribution in [3.63, 3.8) is 0 Å². The van der Waals surface area contributed by atoms with E-state index in [4.69, 9.17) is 5.73 Å². The first kappa shape index (κ1) is 23.0. The summed E-state index contributed by atoms with van der Waals surface area (Å²) in [5.74, 6) is -0.111. The highest BCUT2D eigenvalue weighted by atomic mass is 35.5. The van der Waals surface area contributed by atoms with Gasteiger partial charge in [0.05, 0.1) is 12.6 Å². The van der Waals surface area contributed by atoms with Crippen LogP contribution < -0.4 is 11.1 Å². The van der Waals surface area contributed by atoms with Gasteiger partial charge in [-0.1, -0.05) is 13.8 Å². The maximum absolute atomic E-state index is 12.2. The molecular weight excluding hydrogens is 330 g/mol. The predicted octanol–water partition coefficient (Wildman–Crippen LogP) is 1.81. The highest BCUT2D eigenvalue weighted by molar-refractivity contribution is 5.85. The number of halogens is 5. The molecular formula is C12H24Cl2F3N3O. The highest BCUT2D eigenvalue weighted by Crippen LogP contribution is 2.22. The summed E-state index contributed by atoms with van der Waals surface area (Å²) in [5.41, 5.74) is 5.68. The van der Waals surface area contributed by atoms with Crippen molar-refractivity contribution in [1.82, 2.24) is 10.2 Å². The van der Waals surface area contributed by atoms with E-state index in [2.05, 4.69) is 5.32 Å². The molecule has 1 amide bonds. The van der Waals surface area contributed by atoms with Crippen molar-refractivity contribution >= 4 is 30.7 Å². The van der Waals surface area contributed by atoms with Gasteiger partial charge in [-0.3, -0.25) is 9.69 Å². The third kappa shape index (κ3) is 8.70. The summed E-state index contributed by atoms with van der Waals surface area (Å²) in [5, 5.41) is 2.72. The normalized spacial score (nSPS) is 20.6. The number of hydrogen-bond acceptors (Lipinski definition) is 3. The lowest BCUT2D eigenvalue weighted by Crippen LogP contribution is -2.45. The van der Waals surface area contributed by atoms with E-state index in [0.717, 1.165) is 0 Å². The van der Waals surface area contributed by atoms with E-state index in [9.17, 15) is 18.0 Å². The van der Waals surface area contributed by atoms with Crippen LogP contribution in [0.3, 0.4) is 0 Å². The van der Waals surface area contributed by atoms with Crippen molar-refractivity contribution in [3.05, 3.63) is 0 Å². The van der Waals surface area contributed by atoms with Gasteiger partial charge in [0.2, 0.25) is 5.91 Å². The van der Waals surface area contributed by atoms with Gasteiger partial charge >= 0.3 is 6.18 Å². The van der Waals surface area contributed by atoms with Gasteiger partial charge in [-0.05, 0) is 24.8 Å². The van der Waals surface area contributed by atoms with E-state index in [0.29, 0.717) is 26.1 Å². The first-order valence-electron chi connectivity index (χ1n) is 6.51. The maximum atomic E-state index is 12.2. The van der Waals surface area contributed by atoms with Gasteiger partial charge < -0.3 is 11.1 Å². The van der Waals surface area contributed by atoms with Crippen LogP contribution in [-0.4, -0.2) is 49.2 Å². The molecule has 0 aromatic heterocycles. The average molecular weight is 354 g/mol. The number of nitrogens with zero attached hydrogens (tertiary/aromatic N) is 1. The zero-order chi connectivity index (χ0) is 14.6. The molecule has 4 nitrogen and oxygen atoms in total. The van der Waals surface area contributed by atoms with Crippen LogP contribution in [0.2, 0.25) is 0 Å². The van der Waals surface area contributed by atoms with Gasteiger partial charge in [0.25, 0.3) is 0 Å².